The van der Waals surface area contributed by atoms with E-state index in [1.165, 1.54) is 0 Å². The standard InChI is InChI=1S/C32H33N3O2/c1-2-30(36)24-34-20-18-28(33-34)22-29-23-31(37)19-21-35(29)32(25-12-6-3-7-13-25,26-14-8-4-9-15-26)27-16-10-5-11-17-27/h3-18,20,22,31,37H,2,19,21,23-24H2,1H3. The summed E-state index contributed by atoms with van der Waals surface area (Å²) in [4.78, 5) is 14.4. The number of Topliss-reactive ketones (excluding diaryl/α,β-unsaturated/α-hetero) is 1. The van der Waals surface area contributed by atoms with E-state index < -0.39 is 11.6 Å². The number of aromatic nitrogens is 2. The van der Waals surface area contributed by atoms with Gasteiger partial charge >= 0.3 is 0 Å². The van der Waals surface area contributed by atoms with E-state index >= 15 is 0 Å². The highest BCUT2D eigenvalue weighted by molar-refractivity contribution is 5.77. The molecule has 1 N–H and O–H groups in total. The molecule has 1 atom stereocenters. The second-order valence-corrected chi connectivity index (χ2v) is 9.57. The van der Waals surface area contributed by atoms with Crippen LogP contribution in [0.15, 0.2) is 109 Å². The van der Waals surface area contributed by atoms with Gasteiger partial charge < -0.3 is 10.0 Å². The lowest BCUT2D eigenvalue weighted by Crippen LogP contribution is -2.51. The minimum Gasteiger partial charge on any atom is -0.393 e. The number of aliphatic hydroxyl groups excluding tert-OH is 1. The number of piperidine rings is 1. The number of likely N-dealkylation sites (tertiary alicyclic amines) is 1. The highest BCUT2D eigenvalue weighted by atomic mass is 16.3. The van der Waals surface area contributed by atoms with Crippen LogP contribution in [0.5, 0.6) is 0 Å². The lowest BCUT2D eigenvalue weighted by atomic mass is 9.74. The van der Waals surface area contributed by atoms with E-state index in [0.717, 1.165) is 28.1 Å². The van der Waals surface area contributed by atoms with E-state index in [0.29, 0.717) is 25.8 Å². The fourth-order valence-corrected chi connectivity index (χ4v) is 5.41. The molecular formula is C32H33N3O2. The van der Waals surface area contributed by atoms with Crippen molar-refractivity contribution in [2.75, 3.05) is 6.54 Å². The Kier molecular flexibility index (Phi) is 7.33. The Morgan fingerprint density at radius 1 is 0.919 bits per heavy atom. The van der Waals surface area contributed by atoms with Crippen LogP contribution >= 0.6 is 0 Å². The Morgan fingerprint density at radius 2 is 1.46 bits per heavy atom. The van der Waals surface area contributed by atoms with E-state index in [-0.39, 0.29) is 12.3 Å². The summed E-state index contributed by atoms with van der Waals surface area (Å²) in [5, 5.41) is 15.4. The van der Waals surface area contributed by atoms with Crippen molar-refractivity contribution in [1.82, 2.24) is 14.7 Å². The van der Waals surface area contributed by atoms with E-state index in [1.54, 1.807) is 4.68 Å². The first kappa shape index (κ1) is 24.7. The average molecular weight is 492 g/mol. The highest BCUT2D eigenvalue weighted by Crippen LogP contribution is 2.46. The third-order valence-electron chi connectivity index (χ3n) is 7.17. The lowest BCUT2D eigenvalue weighted by molar-refractivity contribution is -0.119. The molecule has 0 amide bonds. The molecule has 1 saturated heterocycles. The molecule has 2 heterocycles. The van der Waals surface area contributed by atoms with Gasteiger partial charge in [-0.15, -0.1) is 0 Å². The molecule has 1 aromatic heterocycles. The van der Waals surface area contributed by atoms with Crippen molar-refractivity contribution < 1.29 is 9.90 Å². The van der Waals surface area contributed by atoms with Crippen molar-refractivity contribution in [1.29, 1.82) is 0 Å². The zero-order valence-electron chi connectivity index (χ0n) is 21.2. The van der Waals surface area contributed by atoms with Crippen LogP contribution in [0, 0.1) is 0 Å². The maximum Gasteiger partial charge on any atom is 0.154 e. The van der Waals surface area contributed by atoms with Crippen molar-refractivity contribution >= 4 is 11.9 Å². The Hall–Kier alpha value is -3.96. The molecule has 1 fully saturated rings. The molecular weight excluding hydrogens is 458 g/mol. The average Bonchev–Trinajstić information content (AvgIpc) is 3.38. The molecule has 188 valence electrons. The fourth-order valence-electron chi connectivity index (χ4n) is 5.41. The van der Waals surface area contributed by atoms with Gasteiger partial charge in [0.15, 0.2) is 5.78 Å². The maximum atomic E-state index is 12.0. The second-order valence-electron chi connectivity index (χ2n) is 9.57. The lowest BCUT2D eigenvalue weighted by Gasteiger charge is -2.50. The van der Waals surface area contributed by atoms with Crippen LogP contribution in [0.3, 0.4) is 0 Å². The molecule has 5 rings (SSSR count). The summed E-state index contributed by atoms with van der Waals surface area (Å²) in [6, 6.07) is 33.7. The zero-order valence-corrected chi connectivity index (χ0v) is 21.2. The molecule has 0 bridgehead atoms. The topological polar surface area (TPSA) is 58.4 Å². The first-order valence-corrected chi connectivity index (χ1v) is 13.0. The van der Waals surface area contributed by atoms with Gasteiger partial charge in [0.1, 0.15) is 5.54 Å². The number of hydrogen-bond acceptors (Lipinski definition) is 4. The van der Waals surface area contributed by atoms with Crippen LogP contribution in [0.4, 0.5) is 0 Å². The molecule has 0 saturated carbocycles. The number of hydrogen-bond donors (Lipinski definition) is 1. The number of ketones is 1. The highest BCUT2D eigenvalue weighted by Gasteiger charge is 2.44. The maximum absolute atomic E-state index is 12.0. The largest absolute Gasteiger partial charge is 0.393 e. The summed E-state index contributed by atoms with van der Waals surface area (Å²) >= 11 is 0. The van der Waals surface area contributed by atoms with Gasteiger partial charge in [-0.1, -0.05) is 97.9 Å². The second kappa shape index (κ2) is 11.0. The molecule has 3 aromatic carbocycles. The van der Waals surface area contributed by atoms with Gasteiger partial charge in [-0.25, -0.2) is 0 Å². The predicted octanol–water partition coefficient (Wildman–Crippen LogP) is 5.65. The third kappa shape index (κ3) is 5.00. The first-order valence-electron chi connectivity index (χ1n) is 13.0. The Labute approximate surface area is 218 Å². The monoisotopic (exact) mass is 491 g/mol. The molecule has 4 aromatic rings. The van der Waals surface area contributed by atoms with Gasteiger partial charge in [0.25, 0.3) is 0 Å². The molecule has 37 heavy (non-hydrogen) atoms. The molecule has 1 unspecified atom stereocenters. The quantitative estimate of drug-likeness (QED) is 0.324. The van der Waals surface area contributed by atoms with E-state index in [2.05, 4.69) is 88.9 Å². The predicted molar refractivity (Wildman–Crippen MR) is 147 cm³/mol. The van der Waals surface area contributed by atoms with Gasteiger partial charge in [-0.2, -0.15) is 5.10 Å². The molecule has 1 aliphatic rings. The number of nitrogens with zero attached hydrogens (tertiary/aromatic N) is 3. The molecule has 5 nitrogen and oxygen atoms in total. The number of carbonyl (C=O) groups excluding carboxylic acids is 1. The summed E-state index contributed by atoms with van der Waals surface area (Å²) in [6.07, 6.45) is 5.18. The van der Waals surface area contributed by atoms with Gasteiger partial charge in [0, 0.05) is 31.3 Å². The van der Waals surface area contributed by atoms with E-state index in [1.807, 2.05) is 37.4 Å². The van der Waals surface area contributed by atoms with Crippen LogP contribution in [-0.4, -0.2) is 38.2 Å². The van der Waals surface area contributed by atoms with Crippen LogP contribution in [0.25, 0.3) is 6.08 Å². The van der Waals surface area contributed by atoms with E-state index in [4.69, 9.17) is 0 Å². The molecule has 1 aliphatic heterocycles. The van der Waals surface area contributed by atoms with Crippen molar-refractivity contribution in [3.05, 3.63) is 131 Å². The van der Waals surface area contributed by atoms with Gasteiger partial charge in [-0.05, 0) is 35.3 Å². The Bertz CT molecular complexity index is 1250. The molecule has 0 spiro atoms. The van der Waals surface area contributed by atoms with Crippen LogP contribution in [-0.2, 0) is 16.9 Å². The number of aliphatic hydroxyl groups is 1. The summed E-state index contributed by atoms with van der Waals surface area (Å²) in [5.41, 5.74) is 4.68. The van der Waals surface area contributed by atoms with Crippen molar-refractivity contribution in [2.24, 2.45) is 0 Å². The fraction of sp³-hybridized carbons (Fsp3) is 0.250. The van der Waals surface area contributed by atoms with Crippen LogP contribution in [0.1, 0.15) is 48.6 Å². The van der Waals surface area contributed by atoms with Gasteiger partial charge in [0.2, 0.25) is 0 Å². The zero-order chi connectivity index (χ0) is 25.7. The Balaban J connectivity index is 1.70. The van der Waals surface area contributed by atoms with Gasteiger partial charge in [-0.3, -0.25) is 9.48 Å². The first-order chi connectivity index (χ1) is 18.1. The molecule has 0 radical (unpaired) electrons. The number of benzene rings is 3. The summed E-state index contributed by atoms with van der Waals surface area (Å²) in [7, 11) is 0. The van der Waals surface area contributed by atoms with Crippen molar-refractivity contribution in [2.45, 2.75) is 44.4 Å². The van der Waals surface area contributed by atoms with E-state index in [9.17, 15) is 9.90 Å². The minimum absolute atomic E-state index is 0.147. The third-order valence-corrected chi connectivity index (χ3v) is 7.17. The Morgan fingerprint density at radius 3 is 1.97 bits per heavy atom. The summed E-state index contributed by atoms with van der Waals surface area (Å²) in [6.45, 7) is 2.82. The van der Waals surface area contributed by atoms with Crippen LogP contribution in [0.2, 0.25) is 0 Å². The normalized spacial score (nSPS) is 17.2. The van der Waals surface area contributed by atoms with Crippen molar-refractivity contribution in [3.63, 3.8) is 0 Å². The van der Waals surface area contributed by atoms with Crippen LogP contribution < -0.4 is 0 Å². The molecule has 5 heteroatoms. The minimum atomic E-state index is -0.601. The van der Waals surface area contributed by atoms with Crippen molar-refractivity contribution in [3.8, 4) is 0 Å². The smallest absolute Gasteiger partial charge is 0.154 e. The molecule has 0 aliphatic carbocycles. The van der Waals surface area contributed by atoms with Gasteiger partial charge in [0.05, 0.1) is 18.3 Å². The summed E-state index contributed by atoms with van der Waals surface area (Å²) < 4.78 is 1.70. The summed E-state index contributed by atoms with van der Waals surface area (Å²) in [5.74, 6) is 0.147. The number of carbonyl (C=O) groups is 1. The SMILES string of the molecule is CCC(=O)Cn1ccc(C=C2CC(O)CCN2C(c2ccccc2)(c2ccccc2)c2ccccc2)n1. The number of rotatable bonds is 8.